The summed E-state index contributed by atoms with van der Waals surface area (Å²) in [6, 6.07) is 5.67. The lowest BCUT2D eigenvalue weighted by molar-refractivity contribution is -0.116. The van der Waals surface area contributed by atoms with E-state index < -0.39 is 0 Å². The van der Waals surface area contributed by atoms with E-state index in [1.165, 1.54) is 0 Å². The Bertz CT molecular complexity index is 489. The lowest BCUT2D eigenvalue weighted by atomic mass is 10.0. The van der Waals surface area contributed by atoms with Gasteiger partial charge in [0.25, 0.3) is 0 Å². The average molecular weight is 229 g/mol. The molecular formula is C14H15NO2. The van der Waals surface area contributed by atoms with Crippen LogP contribution in [0.4, 0.5) is 5.69 Å². The number of fused-ring (bicyclic) bond motifs is 1. The first-order valence-electron chi connectivity index (χ1n) is 6.21. The third-order valence-electron chi connectivity index (χ3n) is 3.46. The molecule has 0 atom stereocenters. The zero-order valence-corrected chi connectivity index (χ0v) is 9.66. The Morgan fingerprint density at radius 1 is 1.24 bits per heavy atom. The molecule has 0 aromatic heterocycles. The smallest absolute Gasteiger partial charge is 0.224 e. The van der Waals surface area contributed by atoms with Gasteiger partial charge in [0, 0.05) is 23.6 Å². The van der Waals surface area contributed by atoms with Crippen molar-refractivity contribution in [2.75, 3.05) is 5.32 Å². The van der Waals surface area contributed by atoms with Gasteiger partial charge in [-0.2, -0.15) is 0 Å². The minimum atomic E-state index is 0.0741. The Morgan fingerprint density at radius 3 is 2.82 bits per heavy atom. The number of benzene rings is 1. The average Bonchev–Trinajstić information content (AvgIpc) is 3.14. The predicted molar refractivity (Wildman–Crippen MR) is 65.1 cm³/mol. The summed E-state index contributed by atoms with van der Waals surface area (Å²) in [5, 5.41) is 2.88. The molecule has 1 aromatic rings. The molecule has 1 aliphatic heterocycles. The van der Waals surface area contributed by atoms with Crippen LogP contribution in [0.25, 0.3) is 0 Å². The van der Waals surface area contributed by atoms with Crippen molar-refractivity contribution < 1.29 is 9.59 Å². The van der Waals surface area contributed by atoms with Gasteiger partial charge < -0.3 is 5.32 Å². The number of Topliss-reactive ketones (excluding diaryl/α,β-unsaturated/α-hetero) is 1. The normalized spacial score (nSPS) is 19.2. The number of hydrogen-bond acceptors (Lipinski definition) is 2. The van der Waals surface area contributed by atoms with Gasteiger partial charge in [0.2, 0.25) is 5.91 Å². The van der Waals surface area contributed by atoms with Gasteiger partial charge >= 0.3 is 0 Å². The van der Waals surface area contributed by atoms with E-state index in [2.05, 4.69) is 5.32 Å². The van der Waals surface area contributed by atoms with Crippen LogP contribution in [0.15, 0.2) is 18.2 Å². The number of amides is 1. The molecule has 1 heterocycles. The molecule has 0 unspecified atom stereocenters. The third-order valence-corrected chi connectivity index (χ3v) is 3.46. The fraction of sp³-hybridized carbons (Fsp3) is 0.429. The molecule has 0 saturated heterocycles. The highest BCUT2D eigenvalue weighted by atomic mass is 16.1. The first-order chi connectivity index (χ1) is 8.24. The van der Waals surface area contributed by atoms with E-state index in [-0.39, 0.29) is 17.6 Å². The molecule has 17 heavy (non-hydrogen) atoms. The molecule has 2 aliphatic rings. The van der Waals surface area contributed by atoms with Gasteiger partial charge in [-0.05, 0) is 49.4 Å². The Balaban J connectivity index is 1.92. The second kappa shape index (κ2) is 3.99. The third kappa shape index (κ3) is 2.09. The fourth-order valence-electron chi connectivity index (χ4n) is 2.31. The van der Waals surface area contributed by atoms with Gasteiger partial charge in [-0.25, -0.2) is 0 Å². The number of rotatable bonds is 2. The van der Waals surface area contributed by atoms with Gasteiger partial charge in [-0.15, -0.1) is 0 Å². The van der Waals surface area contributed by atoms with Crippen LogP contribution in [-0.2, 0) is 11.2 Å². The Kier molecular flexibility index (Phi) is 2.46. The first kappa shape index (κ1) is 10.5. The summed E-state index contributed by atoms with van der Waals surface area (Å²) >= 11 is 0. The number of hydrogen-bond donors (Lipinski definition) is 1. The van der Waals surface area contributed by atoms with Crippen LogP contribution in [0, 0.1) is 5.92 Å². The number of aryl methyl sites for hydroxylation is 1. The molecule has 1 fully saturated rings. The molecule has 3 rings (SSSR count). The zero-order chi connectivity index (χ0) is 11.8. The second-order valence-corrected chi connectivity index (χ2v) is 4.91. The Labute approximate surface area is 100 Å². The zero-order valence-electron chi connectivity index (χ0n) is 9.66. The van der Waals surface area contributed by atoms with Crippen LogP contribution in [0.5, 0.6) is 0 Å². The quantitative estimate of drug-likeness (QED) is 0.792. The van der Waals surface area contributed by atoms with Gasteiger partial charge in [-0.3, -0.25) is 9.59 Å². The van der Waals surface area contributed by atoms with Crippen LogP contribution >= 0.6 is 0 Å². The fourth-order valence-corrected chi connectivity index (χ4v) is 2.31. The Morgan fingerprint density at radius 2 is 2.06 bits per heavy atom. The van der Waals surface area contributed by atoms with Crippen molar-refractivity contribution in [3.05, 3.63) is 29.3 Å². The van der Waals surface area contributed by atoms with Crippen LogP contribution in [0.3, 0.4) is 0 Å². The molecule has 0 spiro atoms. The summed E-state index contributed by atoms with van der Waals surface area (Å²) in [4.78, 5) is 23.4. The molecule has 0 radical (unpaired) electrons. The molecule has 88 valence electrons. The highest BCUT2D eigenvalue weighted by Crippen LogP contribution is 2.33. The topological polar surface area (TPSA) is 46.2 Å². The number of nitrogens with one attached hydrogen (secondary N) is 1. The van der Waals surface area contributed by atoms with Gasteiger partial charge in [0.1, 0.15) is 0 Å². The van der Waals surface area contributed by atoms with E-state index in [1.807, 2.05) is 18.2 Å². The largest absolute Gasteiger partial charge is 0.326 e. The monoisotopic (exact) mass is 229 g/mol. The SMILES string of the molecule is O=C1CCCc2cc(C(=O)C3CC3)ccc2N1. The molecule has 3 heteroatoms. The highest BCUT2D eigenvalue weighted by Gasteiger charge is 2.30. The maximum Gasteiger partial charge on any atom is 0.224 e. The van der Waals surface area contributed by atoms with E-state index in [0.29, 0.717) is 6.42 Å². The van der Waals surface area contributed by atoms with E-state index in [0.717, 1.165) is 42.5 Å². The molecule has 1 amide bonds. The Hall–Kier alpha value is -1.64. The molecule has 1 saturated carbocycles. The van der Waals surface area contributed by atoms with Crippen LogP contribution in [0.2, 0.25) is 0 Å². The van der Waals surface area contributed by atoms with Crippen molar-refractivity contribution >= 4 is 17.4 Å². The molecule has 1 aliphatic carbocycles. The van der Waals surface area contributed by atoms with Gasteiger partial charge in [0.15, 0.2) is 5.78 Å². The minimum absolute atomic E-state index is 0.0741. The van der Waals surface area contributed by atoms with Crippen LogP contribution in [-0.4, -0.2) is 11.7 Å². The van der Waals surface area contributed by atoms with E-state index in [1.54, 1.807) is 0 Å². The molecule has 1 N–H and O–H groups in total. The van der Waals surface area contributed by atoms with Crippen molar-refractivity contribution in [2.45, 2.75) is 32.1 Å². The summed E-state index contributed by atoms with van der Waals surface area (Å²) in [6.07, 6.45) is 4.37. The van der Waals surface area contributed by atoms with Crippen molar-refractivity contribution in [3.8, 4) is 0 Å². The molecular weight excluding hydrogens is 214 g/mol. The van der Waals surface area contributed by atoms with Gasteiger partial charge in [-0.1, -0.05) is 0 Å². The second-order valence-electron chi connectivity index (χ2n) is 4.91. The van der Waals surface area contributed by atoms with Gasteiger partial charge in [0.05, 0.1) is 0 Å². The highest BCUT2D eigenvalue weighted by molar-refractivity contribution is 6.00. The maximum absolute atomic E-state index is 12.0. The number of carbonyl (C=O) groups excluding carboxylic acids is 2. The van der Waals surface area contributed by atoms with Crippen molar-refractivity contribution in [2.24, 2.45) is 5.92 Å². The minimum Gasteiger partial charge on any atom is -0.326 e. The molecule has 3 nitrogen and oxygen atoms in total. The van der Waals surface area contributed by atoms with Crippen LogP contribution < -0.4 is 5.32 Å². The summed E-state index contributed by atoms with van der Waals surface area (Å²) in [5.74, 6) is 0.599. The summed E-state index contributed by atoms with van der Waals surface area (Å²) in [7, 11) is 0. The lowest BCUT2D eigenvalue weighted by Crippen LogP contribution is -2.09. The summed E-state index contributed by atoms with van der Waals surface area (Å²) in [5.41, 5.74) is 2.78. The number of carbonyl (C=O) groups is 2. The predicted octanol–water partition coefficient (Wildman–Crippen LogP) is 2.55. The maximum atomic E-state index is 12.0. The van der Waals surface area contributed by atoms with Crippen molar-refractivity contribution in [1.82, 2.24) is 0 Å². The number of ketones is 1. The first-order valence-corrected chi connectivity index (χ1v) is 6.21. The molecule has 0 bridgehead atoms. The lowest BCUT2D eigenvalue weighted by Gasteiger charge is -2.08. The summed E-state index contributed by atoms with van der Waals surface area (Å²) in [6.45, 7) is 0. The van der Waals surface area contributed by atoms with Crippen molar-refractivity contribution in [3.63, 3.8) is 0 Å². The standard InChI is InChI=1S/C14H15NO2/c16-13-3-1-2-10-8-11(6-7-12(10)15-13)14(17)9-4-5-9/h6-9H,1-5H2,(H,15,16). The van der Waals surface area contributed by atoms with E-state index in [4.69, 9.17) is 0 Å². The van der Waals surface area contributed by atoms with Crippen LogP contribution in [0.1, 0.15) is 41.6 Å². The van der Waals surface area contributed by atoms with E-state index in [9.17, 15) is 9.59 Å². The number of anilines is 1. The van der Waals surface area contributed by atoms with E-state index >= 15 is 0 Å². The van der Waals surface area contributed by atoms with Crippen molar-refractivity contribution in [1.29, 1.82) is 0 Å². The summed E-state index contributed by atoms with van der Waals surface area (Å²) < 4.78 is 0. The molecule has 1 aromatic carbocycles.